The molecule has 2 rings (SSSR count). The second kappa shape index (κ2) is 6.89. The average Bonchev–Trinajstić information content (AvgIpc) is 3.28. The lowest BCUT2D eigenvalue weighted by Gasteiger charge is -2.15. The van der Waals surface area contributed by atoms with Crippen molar-refractivity contribution in [1.82, 2.24) is 9.97 Å². The molecule has 0 saturated heterocycles. The summed E-state index contributed by atoms with van der Waals surface area (Å²) in [5.74, 6) is 1.58. The molecule has 1 atom stereocenters. The first kappa shape index (κ1) is 16.5. The van der Waals surface area contributed by atoms with Gasteiger partial charge in [-0.2, -0.15) is 4.98 Å². The standard InChI is InChI=1S/C15H24N4O3/c1-5-10(4)16-14-12(19(20)21)15(22-8-9(2)3)18-13(17-14)11-6-7-11/h9-11H,5-8H2,1-4H3,(H,16,17,18). The lowest BCUT2D eigenvalue weighted by Crippen LogP contribution is -2.18. The molecule has 7 heteroatoms. The van der Waals surface area contributed by atoms with Crippen LogP contribution in [0.2, 0.25) is 0 Å². The molecule has 1 aliphatic rings. The van der Waals surface area contributed by atoms with Crippen LogP contribution in [0.5, 0.6) is 5.88 Å². The third-order valence-electron chi connectivity index (χ3n) is 3.54. The molecule has 7 nitrogen and oxygen atoms in total. The Morgan fingerprint density at radius 3 is 2.55 bits per heavy atom. The molecule has 0 amide bonds. The molecular formula is C15H24N4O3. The van der Waals surface area contributed by atoms with E-state index in [-0.39, 0.29) is 29.3 Å². The van der Waals surface area contributed by atoms with Crippen molar-refractivity contribution in [3.05, 3.63) is 15.9 Å². The molecule has 1 aliphatic carbocycles. The minimum absolute atomic E-state index is 0.0846. The predicted octanol–water partition coefficient (Wildman–Crippen LogP) is 3.51. The van der Waals surface area contributed by atoms with Gasteiger partial charge in [-0.25, -0.2) is 4.98 Å². The molecule has 1 N–H and O–H groups in total. The van der Waals surface area contributed by atoms with Crippen LogP contribution in [-0.4, -0.2) is 27.5 Å². The fraction of sp³-hybridized carbons (Fsp3) is 0.733. The van der Waals surface area contributed by atoms with Crippen LogP contribution in [-0.2, 0) is 0 Å². The highest BCUT2D eigenvalue weighted by Crippen LogP contribution is 2.42. The summed E-state index contributed by atoms with van der Waals surface area (Å²) in [6.45, 7) is 8.37. The quantitative estimate of drug-likeness (QED) is 0.584. The summed E-state index contributed by atoms with van der Waals surface area (Å²) in [5, 5.41) is 14.6. The average molecular weight is 308 g/mol. The van der Waals surface area contributed by atoms with Gasteiger partial charge in [-0.3, -0.25) is 10.1 Å². The van der Waals surface area contributed by atoms with Crippen molar-refractivity contribution in [3.8, 4) is 5.88 Å². The van der Waals surface area contributed by atoms with Gasteiger partial charge in [0.05, 0.1) is 11.5 Å². The van der Waals surface area contributed by atoms with Gasteiger partial charge >= 0.3 is 5.69 Å². The van der Waals surface area contributed by atoms with Gasteiger partial charge in [0, 0.05) is 12.0 Å². The Hall–Kier alpha value is -1.92. The lowest BCUT2D eigenvalue weighted by molar-refractivity contribution is -0.385. The Morgan fingerprint density at radius 2 is 2.05 bits per heavy atom. The largest absolute Gasteiger partial charge is 0.472 e. The topological polar surface area (TPSA) is 90.2 Å². The van der Waals surface area contributed by atoms with E-state index in [2.05, 4.69) is 15.3 Å². The summed E-state index contributed by atoms with van der Waals surface area (Å²) in [5.41, 5.74) is -0.162. The van der Waals surface area contributed by atoms with Gasteiger partial charge in [0.2, 0.25) is 5.82 Å². The van der Waals surface area contributed by atoms with E-state index in [4.69, 9.17) is 4.74 Å². The molecule has 0 aliphatic heterocycles. The summed E-state index contributed by atoms with van der Waals surface area (Å²) in [6, 6.07) is 0.0959. The molecule has 1 aromatic heterocycles. The number of aromatic nitrogens is 2. The normalized spacial score (nSPS) is 15.7. The van der Waals surface area contributed by atoms with Crippen molar-refractivity contribution in [2.45, 2.75) is 58.9 Å². The van der Waals surface area contributed by atoms with E-state index >= 15 is 0 Å². The number of hydrogen-bond acceptors (Lipinski definition) is 6. The van der Waals surface area contributed by atoms with E-state index in [0.29, 0.717) is 18.3 Å². The summed E-state index contributed by atoms with van der Waals surface area (Å²) < 4.78 is 5.60. The van der Waals surface area contributed by atoms with Gasteiger partial charge < -0.3 is 10.1 Å². The maximum absolute atomic E-state index is 11.5. The first-order valence-electron chi connectivity index (χ1n) is 7.88. The van der Waals surface area contributed by atoms with Crippen molar-refractivity contribution in [3.63, 3.8) is 0 Å². The van der Waals surface area contributed by atoms with E-state index in [1.165, 1.54) is 0 Å². The molecule has 0 radical (unpaired) electrons. The number of nitrogens with one attached hydrogen (secondary N) is 1. The third kappa shape index (κ3) is 4.05. The van der Waals surface area contributed by atoms with Crippen molar-refractivity contribution < 1.29 is 9.66 Å². The molecule has 0 bridgehead atoms. The zero-order valence-electron chi connectivity index (χ0n) is 13.6. The number of anilines is 1. The summed E-state index contributed by atoms with van der Waals surface area (Å²) in [4.78, 5) is 19.7. The maximum Gasteiger partial charge on any atom is 0.372 e. The second-order valence-corrected chi connectivity index (χ2v) is 6.27. The van der Waals surface area contributed by atoms with Crippen LogP contribution in [0, 0.1) is 16.0 Å². The van der Waals surface area contributed by atoms with E-state index in [9.17, 15) is 10.1 Å². The van der Waals surface area contributed by atoms with E-state index in [1.54, 1.807) is 0 Å². The first-order valence-corrected chi connectivity index (χ1v) is 7.88. The number of nitro groups is 1. The Labute approximate surface area is 130 Å². The summed E-state index contributed by atoms with van der Waals surface area (Å²) >= 11 is 0. The maximum atomic E-state index is 11.5. The van der Waals surface area contributed by atoms with Gasteiger partial charge in [-0.15, -0.1) is 0 Å². The SMILES string of the molecule is CCC(C)Nc1nc(C2CC2)nc(OCC(C)C)c1[N+](=O)[O-]. The smallest absolute Gasteiger partial charge is 0.372 e. The Morgan fingerprint density at radius 1 is 1.36 bits per heavy atom. The van der Waals surface area contributed by atoms with E-state index in [1.807, 2.05) is 27.7 Å². The van der Waals surface area contributed by atoms with Crippen molar-refractivity contribution in [2.24, 2.45) is 5.92 Å². The Balaban J connectivity index is 2.40. The zero-order chi connectivity index (χ0) is 16.3. The minimum atomic E-state index is -0.461. The molecule has 1 fully saturated rings. The molecule has 1 heterocycles. The summed E-state index contributed by atoms with van der Waals surface area (Å²) in [7, 11) is 0. The highest BCUT2D eigenvalue weighted by Gasteiger charge is 2.33. The number of hydrogen-bond donors (Lipinski definition) is 1. The fourth-order valence-electron chi connectivity index (χ4n) is 1.92. The van der Waals surface area contributed by atoms with Crippen LogP contribution in [0.25, 0.3) is 0 Å². The molecule has 122 valence electrons. The van der Waals surface area contributed by atoms with Gasteiger partial charge in [-0.1, -0.05) is 20.8 Å². The minimum Gasteiger partial charge on any atom is -0.472 e. The van der Waals surface area contributed by atoms with Crippen molar-refractivity contribution in [1.29, 1.82) is 0 Å². The van der Waals surface area contributed by atoms with Crippen LogP contribution in [0.15, 0.2) is 0 Å². The number of nitrogens with zero attached hydrogens (tertiary/aromatic N) is 3. The summed E-state index contributed by atoms with van der Waals surface area (Å²) in [6.07, 6.45) is 2.91. The van der Waals surface area contributed by atoms with Crippen LogP contribution < -0.4 is 10.1 Å². The molecule has 22 heavy (non-hydrogen) atoms. The van der Waals surface area contributed by atoms with Crippen LogP contribution in [0.1, 0.15) is 58.7 Å². The first-order chi connectivity index (χ1) is 10.4. The molecule has 1 aromatic rings. The molecule has 1 unspecified atom stereocenters. The van der Waals surface area contributed by atoms with Gasteiger partial charge in [0.25, 0.3) is 5.88 Å². The van der Waals surface area contributed by atoms with Crippen molar-refractivity contribution in [2.75, 3.05) is 11.9 Å². The number of ether oxygens (including phenoxy) is 1. The predicted molar refractivity (Wildman–Crippen MR) is 84.4 cm³/mol. The molecular weight excluding hydrogens is 284 g/mol. The van der Waals surface area contributed by atoms with Gasteiger partial charge in [0.15, 0.2) is 0 Å². The van der Waals surface area contributed by atoms with Crippen LogP contribution >= 0.6 is 0 Å². The highest BCUT2D eigenvalue weighted by molar-refractivity contribution is 5.62. The molecule has 0 aromatic carbocycles. The van der Waals surface area contributed by atoms with Crippen LogP contribution in [0.3, 0.4) is 0 Å². The highest BCUT2D eigenvalue weighted by atomic mass is 16.6. The zero-order valence-corrected chi connectivity index (χ0v) is 13.6. The fourth-order valence-corrected chi connectivity index (χ4v) is 1.92. The Bertz CT molecular complexity index is 544. The van der Waals surface area contributed by atoms with Crippen LogP contribution in [0.4, 0.5) is 11.5 Å². The van der Waals surface area contributed by atoms with Gasteiger partial charge in [-0.05, 0) is 32.1 Å². The number of rotatable bonds is 8. The van der Waals surface area contributed by atoms with Gasteiger partial charge in [0.1, 0.15) is 5.82 Å². The monoisotopic (exact) mass is 308 g/mol. The molecule has 0 spiro atoms. The second-order valence-electron chi connectivity index (χ2n) is 6.27. The van der Waals surface area contributed by atoms with Crippen molar-refractivity contribution >= 4 is 11.5 Å². The Kier molecular flexibility index (Phi) is 5.15. The van der Waals surface area contributed by atoms with E-state index in [0.717, 1.165) is 19.3 Å². The lowest BCUT2D eigenvalue weighted by atomic mass is 10.2. The van der Waals surface area contributed by atoms with E-state index < -0.39 is 4.92 Å². The molecule has 1 saturated carbocycles. The third-order valence-corrected chi connectivity index (χ3v) is 3.54.